The first-order chi connectivity index (χ1) is 14.1. The maximum Gasteiger partial charge on any atom is 0.143 e. The number of allylic oxidation sites excluding steroid dienone is 1. The third-order valence-corrected chi connectivity index (χ3v) is 5.32. The van der Waals surface area contributed by atoms with E-state index in [0.717, 1.165) is 66.5 Å². The summed E-state index contributed by atoms with van der Waals surface area (Å²) in [4.78, 5) is 16.7. The van der Waals surface area contributed by atoms with Crippen molar-refractivity contribution in [1.82, 2.24) is 24.8 Å². The van der Waals surface area contributed by atoms with E-state index in [0.29, 0.717) is 6.61 Å². The van der Waals surface area contributed by atoms with Crippen molar-refractivity contribution in [3.8, 4) is 5.75 Å². The SMILES string of the molecule is C=C1CCCOc2cccc(c2)Nc2ncnc3[nH]cc(c23)CN(C)CCN1C. The molecule has 0 saturated heterocycles. The third kappa shape index (κ3) is 4.51. The van der Waals surface area contributed by atoms with Crippen molar-refractivity contribution in [3.63, 3.8) is 0 Å². The van der Waals surface area contributed by atoms with Crippen molar-refractivity contribution in [2.45, 2.75) is 19.4 Å². The van der Waals surface area contributed by atoms with Crippen molar-refractivity contribution in [2.24, 2.45) is 0 Å². The number of H-pyrrole nitrogens is 1. The highest BCUT2D eigenvalue weighted by molar-refractivity contribution is 5.92. The summed E-state index contributed by atoms with van der Waals surface area (Å²) in [5.41, 5.74) is 4.09. The highest BCUT2D eigenvalue weighted by Crippen LogP contribution is 2.28. The number of fused-ring (bicyclic) bond motifs is 2. The van der Waals surface area contributed by atoms with E-state index < -0.39 is 0 Å². The van der Waals surface area contributed by atoms with Gasteiger partial charge in [0.05, 0.1) is 12.0 Å². The lowest BCUT2D eigenvalue weighted by atomic mass is 10.2. The minimum absolute atomic E-state index is 0.663. The van der Waals surface area contributed by atoms with Crippen molar-refractivity contribution in [3.05, 3.63) is 54.6 Å². The second-order valence-electron chi connectivity index (χ2n) is 7.59. The molecule has 2 aromatic heterocycles. The Kier molecular flexibility index (Phi) is 5.67. The van der Waals surface area contributed by atoms with E-state index in [-0.39, 0.29) is 0 Å². The maximum atomic E-state index is 5.95. The predicted octanol–water partition coefficient (Wildman–Crippen LogP) is 3.75. The number of likely N-dealkylation sites (N-methyl/N-ethyl adjacent to an activating group) is 2. The number of hydrogen-bond acceptors (Lipinski definition) is 6. The lowest BCUT2D eigenvalue weighted by Gasteiger charge is -2.25. The molecule has 0 atom stereocenters. The lowest BCUT2D eigenvalue weighted by Crippen LogP contribution is -2.30. The molecule has 0 fully saturated rings. The molecule has 0 aliphatic carbocycles. The van der Waals surface area contributed by atoms with E-state index in [4.69, 9.17) is 4.74 Å². The molecule has 0 amide bonds. The van der Waals surface area contributed by atoms with Crippen LogP contribution in [0.2, 0.25) is 0 Å². The Bertz CT molecular complexity index is 998. The van der Waals surface area contributed by atoms with Gasteiger partial charge in [-0.2, -0.15) is 0 Å². The topological polar surface area (TPSA) is 69.3 Å². The van der Waals surface area contributed by atoms with Gasteiger partial charge >= 0.3 is 0 Å². The normalized spacial score (nSPS) is 16.9. The molecule has 7 heteroatoms. The number of nitrogens with one attached hydrogen (secondary N) is 2. The van der Waals surface area contributed by atoms with Crippen LogP contribution in [0.4, 0.5) is 11.5 Å². The number of rotatable bonds is 0. The number of ether oxygens (including phenoxy) is 1. The van der Waals surface area contributed by atoms with E-state index in [1.54, 1.807) is 6.33 Å². The van der Waals surface area contributed by atoms with Gasteiger partial charge in [0.2, 0.25) is 0 Å². The molecule has 2 N–H and O–H groups in total. The van der Waals surface area contributed by atoms with Gasteiger partial charge in [-0.1, -0.05) is 12.6 Å². The van der Waals surface area contributed by atoms with Crippen LogP contribution in [0.15, 0.2) is 49.1 Å². The van der Waals surface area contributed by atoms with Crippen molar-refractivity contribution in [1.29, 1.82) is 0 Å². The number of nitrogens with zero attached hydrogens (tertiary/aromatic N) is 4. The summed E-state index contributed by atoms with van der Waals surface area (Å²) < 4.78 is 5.95. The number of hydrogen-bond donors (Lipinski definition) is 2. The number of anilines is 2. The minimum atomic E-state index is 0.663. The van der Waals surface area contributed by atoms with Crippen molar-refractivity contribution < 1.29 is 4.74 Å². The van der Waals surface area contributed by atoms with Crippen LogP contribution in [-0.4, -0.2) is 58.5 Å². The molecule has 3 aromatic rings. The number of aromatic nitrogens is 3. The zero-order chi connectivity index (χ0) is 20.2. The Morgan fingerprint density at radius 3 is 2.97 bits per heavy atom. The van der Waals surface area contributed by atoms with Gasteiger partial charge < -0.3 is 24.8 Å². The van der Waals surface area contributed by atoms with Gasteiger partial charge in [-0.15, -0.1) is 0 Å². The lowest BCUT2D eigenvalue weighted by molar-refractivity contribution is 0.269. The molecule has 29 heavy (non-hydrogen) atoms. The van der Waals surface area contributed by atoms with Gasteiger partial charge in [0.1, 0.15) is 23.5 Å². The number of benzene rings is 1. The van der Waals surface area contributed by atoms with Crippen LogP contribution in [0.5, 0.6) is 5.75 Å². The monoisotopic (exact) mass is 392 g/mol. The summed E-state index contributed by atoms with van der Waals surface area (Å²) >= 11 is 0. The Balaban J connectivity index is 1.68. The molecule has 4 rings (SSSR count). The minimum Gasteiger partial charge on any atom is -0.494 e. The van der Waals surface area contributed by atoms with Crippen LogP contribution >= 0.6 is 0 Å². The Labute approximate surface area is 171 Å². The fraction of sp³-hybridized carbons (Fsp3) is 0.364. The first kappa shape index (κ1) is 19.3. The molecule has 2 bridgehead atoms. The van der Waals surface area contributed by atoms with E-state index >= 15 is 0 Å². The second-order valence-corrected chi connectivity index (χ2v) is 7.59. The fourth-order valence-corrected chi connectivity index (χ4v) is 3.55. The average molecular weight is 393 g/mol. The number of aromatic amines is 1. The highest BCUT2D eigenvalue weighted by atomic mass is 16.5. The smallest absolute Gasteiger partial charge is 0.143 e. The first-order valence-corrected chi connectivity index (χ1v) is 9.98. The molecule has 0 radical (unpaired) electrons. The third-order valence-electron chi connectivity index (χ3n) is 5.32. The quantitative estimate of drug-likeness (QED) is 0.607. The Morgan fingerprint density at radius 2 is 2.07 bits per heavy atom. The zero-order valence-corrected chi connectivity index (χ0v) is 17.1. The molecular formula is C22H28N6O. The first-order valence-electron chi connectivity index (χ1n) is 9.98. The van der Waals surface area contributed by atoms with Gasteiger partial charge in [0.15, 0.2) is 0 Å². The molecule has 0 unspecified atom stereocenters. The van der Waals surface area contributed by atoms with Crippen LogP contribution in [0.3, 0.4) is 0 Å². The van der Waals surface area contributed by atoms with Crippen LogP contribution in [0, 0.1) is 0 Å². The average Bonchev–Trinajstić information content (AvgIpc) is 3.13. The zero-order valence-electron chi connectivity index (χ0n) is 17.1. The van der Waals surface area contributed by atoms with Gasteiger partial charge in [0, 0.05) is 50.3 Å². The summed E-state index contributed by atoms with van der Waals surface area (Å²) in [5.74, 6) is 1.64. The summed E-state index contributed by atoms with van der Waals surface area (Å²) in [5, 5.41) is 4.47. The molecule has 1 aliphatic heterocycles. The molecule has 1 aromatic carbocycles. The van der Waals surface area contributed by atoms with E-state index in [1.807, 2.05) is 30.5 Å². The van der Waals surface area contributed by atoms with Crippen molar-refractivity contribution in [2.75, 3.05) is 39.1 Å². The standard InChI is InChI=1S/C22H28N6O/c1-16-6-5-11-29-19-8-4-7-18(12-19)26-22-20-17(13-23-21(20)24-15-25-22)14-27(2)9-10-28(16)3/h4,7-8,12-13,15H,1,5-6,9-11,14H2,2-3H3,(H2,23,24,25,26). The molecule has 152 valence electrons. The van der Waals surface area contributed by atoms with Crippen LogP contribution in [0.1, 0.15) is 18.4 Å². The summed E-state index contributed by atoms with van der Waals surface area (Å²) in [6.45, 7) is 7.58. The van der Waals surface area contributed by atoms with E-state index in [2.05, 4.69) is 50.7 Å². The Hall–Kier alpha value is -3.06. The van der Waals surface area contributed by atoms with Gasteiger partial charge in [-0.25, -0.2) is 9.97 Å². The van der Waals surface area contributed by atoms with Gasteiger partial charge in [-0.05, 0) is 37.6 Å². The maximum absolute atomic E-state index is 5.95. The summed E-state index contributed by atoms with van der Waals surface area (Å²) in [7, 11) is 4.24. The molecule has 0 saturated carbocycles. The second kappa shape index (κ2) is 8.53. The molecule has 0 spiro atoms. The van der Waals surface area contributed by atoms with Crippen LogP contribution in [-0.2, 0) is 6.54 Å². The Morgan fingerprint density at radius 1 is 1.17 bits per heavy atom. The predicted molar refractivity (Wildman–Crippen MR) is 116 cm³/mol. The summed E-state index contributed by atoms with van der Waals surface area (Å²) in [6, 6.07) is 7.99. The molecule has 1 aliphatic rings. The highest BCUT2D eigenvalue weighted by Gasteiger charge is 2.14. The molecule has 7 nitrogen and oxygen atoms in total. The van der Waals surface area contributed by atoms with Gasteiger partial charge in [0.25, 0.3) is 0 Å². The van der Waals surface area contributed by atoms with E-state index in [9.17, 15) is 0 Å². The molecule has 3 heterocycles. The van der Waals surface area contributed by atoms with Crippen molar-refractivity contribution >= 4 is 22.5 Å². The van der Waals surface area contributed by atoms with E-state index in [1.165, 1.54) is 5.56 Å². The van der Waals surface area contributed by atoms with Gasteiger partial charge in [-0.3, -0.25) is 0 Å². The largest absolute Gasteiger partial charge is 0.494 e. The van der Waals surface area contributed by atoms with Crippen LogP contribution < -0.4 is 10.1 Å². The summed E-state index contributed by atoms with van der Waals surface area (Å²) in [6.07, 6.45) is 5.47. The fourth-order valence-electron chi connectivity index (χ4n) is 3.55. The van der Waals surface area contributed by atoms with Crippen LogP contribution in [0.25, 0.3) is 11.0 Å². The molecular weight excluding hydrogens is 364 g/mol.